The van der Waals surface area contributed by atoms with Gasteiger partial charge >= 0.3 is 0 Å². The van der Waals surface area contributed by atoms with Crippen LogP contribution in [-0.2, 0) is 14.2 Å². The average molecular weight is 314 g/mol. The summed E-state index contributed by atoms with van der Waals surface area (Å²) in [6.07, 6.45) is -0.208. The SMILES string of the molecule is CO[C@H]1[C@H](CNC(=O)c2cccc(Cl)c2)COC[C@H]1OC. The van der Waals surface area contributed by atoms with Gasteiger partial charge < -0.3 is 19.5 Å². The number of rotatable bonds is 5. The van der Waals surface area contributed by atoms with E-state index in [0.717, 1.165) is 0 Å². The molecular weight excluding hydrogens is 294 g/mol. The Morgan fingerprint density at radius 1 is 1.38 bits per heavy atom. The van der Waals surface area contributed by atoms with Crippen LogP contribution in [0.3, 0.4) is 0 Å². The maximum atomic E-state index is 12.1. The molecular formula is C15H20ClNO4. The third kappa shape index (κ3) is 4.17. The molecule has 2 rings (SSSR count). The highest BCUT2D eigenvalue weighted by molar-refractivity contribution is 6.30. The number of benzene rings is 1. The van der Waals surface area contributed by atoms with Crippen molar-refractivity contribution < 1.29 is 19.0 Å². The highest BCUT2D eigenvalue weighted by Gasteiger charge is 2.34. The third-order valence-corrected chi connectivity index (χ3v) is 3.87. The minimum Gasteiger partial charge on any atom is -0.378 e. The van der Waals surface area contributed by atoms with Gasteiger partial charge in [0.05, 0.1) is 19.3 Å². The minimum atomic E-state index is -0.160. The molecule has 116 valence electrons. The standard InChI is InChI=1S/C15H20ClNO4/c1-19-13-9-21-8-11(14(13)20-2)7-17-15(18)10-4-3-5-12(16)6-10/h3-6,11,13-14H,7-9H2,1-2H3,(H,17,18)/t11-,13-,14+/m1/s1. The van der Waals surface area contributed by atoms with E-state index in [-0.39, 0.29) is 24.0 Å². The van der Waals surface area contributed by atoms with Gasteiger partial charge in [-0.25, -0.2) is 0 Å². The van der Waals surface area contributed by atoms with E-state index >= 15 is 0 Å². The van der Waals surface area contributed by atoms with Crippen LogP contribution >= 0.6 is 11.6 Å². The molecule has 1 heterocycles. The number of carbonyl (C=O) groups is 1. The van der Waals surface area contributed by atoms with Crippen molar-refractivity contribution in [1.29, 1.82) is 0 Å². The predicted molar refractivity (Wildman–Crippen MR) is 79.7 cm³/mol. The molecule has 0 radical (unpaired) electrons. The Kier molecular flexibility index (Phi) is 5.99. The zero-order chi connectivity index (χ0) is 15.2. The highest BCUT2D eigenvalue weighted by atomic mass is 35.5. The van der Waals surface area contributed by atoms with Crippen molar-refractivity contribution in [3.05, 3.63) is 34.9 Å². The van der Waals surface area contributed by atoms with Crippen LogP contribution in [0.2, 0.25) is 5.02 Å². The molecule has 1 saturated heterocycles. The van der Waals surface area contributed by atoms with E-state index in [1.54, 1.807) is 38.5 Å². The predicted octanol–water partition coefficient (Wildman–Crippen LogP) is 1.75. The van der Waals surface area contributed by atoms with Crippen molar-refractivity contribution in [2.24, 2.45) is 5.92 Å². The first-order valence-electron chi connectivity index (χ1n) is 6.82. The molecule has 1 aromatic carbocycles. The lowest BCUT2D eigenvalue weighted by atomic mass is 9.96. The molecule has 0 unspecified atom stereocenters. The molecule has 1 fully saturated rings. The van der Waals surface area contributed by atoms with Gasteiger partial charge in [0.25, 0.3) is 5.91 Å². The van der Waals surface area contributed by atoms with E-state index < -0.39 is 0 Å². The molecule has 21 heavy (non-hydrogen) atoms. The molecule has 1 aliphatic heterocycles. The van der Waals surface area contributed by atoms with Gasteiger partial charge in [0, 0.05) is 37.3 Å². The Bertz CT molecular complexity index is 482. The molecule has 1 aromatic rings. The van der Waals surface area contributed by atoms with Crippen LogP contribution in [0.5, 0.6) is 0 Å². The number of methoxy groups -OCH3 is 2. The van der Waals surface area contributed by atoms with Gasteiger partial charge in [-0.1, -0.05) is 17.7 Å². The van der Waals surface area contributed by atoms with Gasteiger partial charge in [0.15, 0.2) is 0 Å². The lowest BCUT2D eigenvalue weighted by Gasteiger charge is -2.36. The molecule has 3 atom stereocenters. The van der Waals surface area contributed by atoms with Gasteiger partial charge in [-0.3, -0.25) is 4.79 Å². The summed E-state index contributed by atoms with van der Waals surface area (Å²) in [6.45, 7) is 1.51. The molecule has 1 N–H and O–H groups in total. The summed E-state index contributed by atoms with van der Waals surface area (Å²) >= 11 is 5.88. The Labute approximate surface area is 129 Å². The van der Waals surface area contributed by atoms with E-state index in [0.29, 0.717) is 30.3 Å². The summed E-state index contributed by atoms with van der Waals surface area (Å²) in [5.41, 5.74) is 0.538. The summed E-state index contributed by atoms with van der Waals surface area (Å²) in [5.74, 6) is -0.108. The van der Waals surface area contributed by atoms with Gasteiger partial charge in [-0.15, -0.1) is 0 Å². The summed E-state index contributed by atoms with van der Waals surface area (Å²) in [5, 5.41) is 3.43. The van der Waals surface area contributed by atoms with E-state index in [2.05, 4.69) is 5.32 Å². The summed E-state index contributed by atoms with van der Waals surface area (Å²) in [7, 11) is 3.28. The molecule has 0 spiro atoms. The second-order valence-corrected chi connectivity index (χ2v) is 5.43. The average Bonchev–Trinajstić information content (AvgIpc) is 2.51. The van der Waals surface area contributed by atoms with Crippen LogP contribution in [0.25, 0.3) is 0 Å². The van der Waals surface area contributed by atoms with Crippen molar-refractivity contribution in [3.8, 4) is 0 Å². The molecule has 6 heteroatoms. The van der Waals surface area contributed by atoms with Gasteiger partial charge in [-0.2, -0.15) is 0 Å². The van der Waals surface area contributed by atoms with Crippen LogP contribution in [0.15, 0.2) is 24.3 Å². The Balaban J connectivity index is 1.93. The molecule has 5 nitrogen and oxygen atoms in total. The van der Waals surface area contributed by atoms with E-state index in [9.17, 15) is 4.79 Å². The first kappa shape index (κ1) is 16.2. The fraction of sp³-hybridized carbons (Fsp3) is 0.533. The lowest BCUT2D eigenvalue weighted by Crippen LogP contribution is -2.50. The lowest BCUT2D eigenvalue weighted by molar-refractivity contribution is -0.145. The number of nitrogens with one attached hydrogen (secondary N) is 1. The highest BCUT2D eigenvalue weighted by Crippen LogP contribution is 2.20. The van der Waals surface area contributed by atoms with E-state index in [4.69, 9.17) is 25.8 Å². The Morgan fingerprint density at radius 3 is 2.86 bits per heavy atom. The number of hydrogen-bond donors (Lipinski definition) is 1. The topological polar surface area (TPSA) is 56.8 Å². The van der Waals surface area contributed by atoms with Crippen LogP contribution in [0.4, 0.5) is 0 Å². The van der Waals surface area contributed by atoms with Crippen molar-refractivity contribution in [3.63, 3.8) is 0 Å². The van der Waals surface area contributed by atoms with Crippen molar-refractivity contribution in [1.82, 2.24) is 5.32 Å². The molecule has 1 aliphatic rings. The van der Waals surface area contributed by atoms with Crippen molar-refractivity contribution >= 4 is 17.5 Å². The number of halogens is 1. The summed E-state index contributed by atoms with van der Waals surface area (Å²) in [4.78, 5) is 12.1. The van der Waals surface area contributed by atoms with Gasteiger partial charge in [-0.05, 0) is 18.2 Å². The van der Waals surface area contributed by atoms with E-state index in [1.165, 1.54) is 0 Å². The number of hydrogen-bond acceptors (Lipinski definition) is 4. The van der Waals surface area contributed by atoms with Gasteiger partial charge in [0.1, 0.15) is 6.10 Å². The zero-order valence-corrected chi connectivity index (χ0v) is 12.9. The summed E-state index contributed by atoms with van der Waals surface area (Å²) in [6, 6.07) is 6.85. The summed E-state index contributed by atoms with van der Waals surface area (Å²) < 4.78 is 16.3. The maximum absolute atomic E-state index is 12.1. The number of ether oxygens (including phenoxy) is 3. The van der Waals surface area contributed by atoms with Crippen molar-refractivity contribution in [2.75, 3.05) is 34.0 Å². The van der Waals surface area contributed by atoms with Crippen LogP contribution in [0.1, 0.15) is 10.4 Å². The number of carbonyl (C=O) groups excluding carboxylic acids is 1. The van der Waals surface area contributed by atoms with Crippen molar-refractivity contribution in [2.45, 2.75) is 12.2 Å². The fourth-order valence-electron chi connectivity index (χ4n) is 2.51. The quantitative estimate of drug-likeness (QED) is 0.900. The maximum Gasteiger partial charge on any atom is 0.251 e. The zero-order valence-electron chi connectivity index (χ0n) is 12.2. The second kappa shape index (κ2) is 7.75. The minimum absolute atomic E-state index is 0.0526. The normalized spacial score (nSPS) is 25.6. The smallest absolute Gasteiger partial charge is 0.251 e. The molecule has 0 bridgehead atoms. The third-order valence-electron chi connectivity index (χ3n) is 3.63. The first-order chi connectivity index (χ1) is 10.2. The Morgan fingerprint density at radius 2 is 2.19 bits per heavy atom. The molecule has 1 amide bonds. The largest absolute Gasteiger partial charge is 0.378 e. The molecule has 0 aromatic heterocycles. The van der Waals surface area contributed by atoms with E-state index in [1.807, 2.05) is 0 Å². The van der Waals surface area contributed by atoms with Crippen LogP contribution in [0, 0.1) is 5.92 Å². The fourth-order valence-corrected chi connectivity index (χ4v) is 2.70. The molecule has 0 aliphatic carbocycles. The van der Waals surface area contributed by atoms with Gasteiger partial charge in [0.2, 0.25) is 0 Å². The Hall–Kier alpha value is -1.14. The van der Waals surface area contributed by atoms with Crippen LogP contribution in [-0.4, -0.2) is 52.1 Å². The molecule has 0 saturated carbocycles. The van der Waals surface area contributed by atoms with Crippen LogP contribution < -0.4 is 5.32 Å². The monoisotopic (exact) mass is 313 g/mol. The number of amides is 1. The second-order valence-electron chi connectivity index (χ2n) is 4.99. The first-order valence-corrected chi connectivity index (χ1v) is 7.20.